The molecule has 0 saturated carbocycles. The molecule has 6 nitrogen and oxygen atoms in total. The van der Waals surface area contributed by atoms with Crippen molar-refractivity contribution in [3.05, 3.63) is 70.8 Å². The Bertz CT molecular complexity index is 918. The molecule has 1 aliphatic heterocycles. The molecular formula is C22H28N2O4S. The molecule has 1 heterocycles. The number of nitrogens with zero attached hydrogens (tertiary/aromatic N) is 1. The third kappa shape index (κ3) is 5.65. The van der Waals surface area contributed by atoms with Crippen molar-refractivity contribution in [2.45, 2.75) is 32.1 Å². The van der Waals surface area contributed by atoms with Gasteiger partial charge in [0.05, 0.1) is 25.0 Å². The van der Waals surface area contributed by atoms with E-state index in [0.29, 0.717) is 37.4 Å². The zero-order valence-electron chi connectivity index (χ0n) is 16.9. The Balaban J connectivity index is 1.60. The molecule has 29 heavy (non-hydrogen) atoms. The number of hydrogen-bond donors (Lipinski definition) is 1. The summed E-state index contributed by atoms with van der Waals surface area (Å²) < 4.78 is 31.7. The Labute approximate surface area is 172 Å². The number of aryl methyl sites for hydroxylation is 1. The predicted octanol–water partition coefficient (Wildman–Crippen LogP) is 2.90. The Morgan fingerprint density at radius 3 is 2.21 bits per heavy atom. The van der Waals surface area contributed by atoms with E-state index in [1.54, 1.807) is 24.3 Å². The number of hydrogen-bond acceptors (Lipinski definition) is 4. The molecule has 1 saturated heterocycles. The molecule has 0 spiro atoms. The SMILES string of the molecule is CCc1ccc([C@H](C)NC(=O)c2ccc(CS(=O)(=O)N3CCOCC3)cc2)cc1. The zero-order chi connectivity index (χ0) is 20.9. The average Bonchev–Trinajstić information content (AvgIpc) is 2.74. The number of benzene rings is 2. The Hall–Kier alpha value is -2.22. The second-order valence-corrected chi connectivity index (χ2v) is 9.22. The van der Waals surface area contributed by atoms with Crippen LogP contribution in [0.2, 0.25) is 0 Å². The average molecular weight is 417 g/mol. The second-order valence-electron chi connectivity index (χ2n) is 7.25. The van der Waals surface area contributed by atoms with E-state index in [9.17, 15) is 13.2 Å². The van der Waals surface area contributed by atoms with E-state index in [1.807, 2.05) is 19.1 Å². The van der Waals surface area contributed by atoms with E-state index in [-0.39, 0.29) is 17.7 Å². The molecular weight excluding hydrogens is 388 g/mol. The smallest absolute Gasteiger partial charge is 0.251 e. The van der Waals surface area contributed by atoms with E-state index in [4.69, 9.17) is 4.74 Å². The van der Waals surface area contributed by atoms with Crippen molar-refractivity contribution < 1.29 is 17.9 Å². The van der Waals surface area contributed by atoms with Crippen LogP contribution in [0, 0.1) is 0 Å². The molecule has 1 amide bonds. The van der Waals surface area contributed by atoms with Gasteiger partial charge in [-0.3, -0.25) is 4.79 Å². The normalized spacial score (nSPS) is 16.3. The van der Waals surface area contributed by atoms with Crippen molar-refractivity contribution in [1.29, 1.82) is 0 Å². The minimum absolute atomic E-state index is 0.0743. The highest BCUT2D eigenvalue weighted by Crippen LogP contribution is 2.16. The lowest BCUT2D eigenvalue weighted by Gasteiger charge is -2.26. The first-order valence-corrected chi connectivity index (χ1v) is 11.5. The van der Waals surface area contributed by atoms with Crippen LogP contribution < -0.4 is 5.32 Å². The number of carbonyl (C=O) groups excluding carboxylic acids is 1. The number of ether oxygens (including phenoxy) is 1. The van der Waals surface area contributed by atoms with Gasteiger partial charge in [-0.05, 0) is 42.2 Å². The lowest BCUT2D eigenvalue weighted by atomic mass is 10.0. The molecule has 0 radical (unpaired) electrons. The Morgan fingerprint density at radius 2 is 1.62 bits per heavy atom. The van der Waals surface area contributed by atoms with Crippen molar-refractivity contribution in [3.63, 3.8) is 0 Å². The summed E-state index contributed by atoms with van der Waals surface area (Å²) >= 11 is 0. The van der Waals surface area contributed by atoms with Crippen LogP contribution >= 0.6 is 0 Å². The fraction of sp³-hybridized carbons (Fsp3) is 0.409. The molecule has 1 aliphatic rings. The van der Waals surface area contributed by atoms with Gasteiger partial charge in [0.15, 0.2) is 0 Å². The molecule has 0 bridgehead atoms. The summed E-state index contributed by atoms with van der Waals surface area (Å²) in [4.78, 5) is 12.5. The largest absolute Gasteiger partial charge is 0.379 e. The molecule has 0 aliphatic carbocycles. The van der Waals surface area contributed by atoms with E-state index < -0.39 is 10.0 Å². The summed E-state index contributed by atoms with van der Waals surface area (Å²) in [6, 6.07) is 14.8. The summed E-state index contributed by atoms with van der Waals surface area (Å²) in [7, 11) is -3.38. The summed E-state index contributed by atoms with van der Waals surface area (Å²) in [5.74, 6) is -0.255. The van der Waals surface area contributed by atoms with Gasteiger partial charge in [0, 0.05) is 18.7 Å². The zero-order valence-corrected chi connectivity index (χ0v) is 17.7. The standard InChI is InChI=1S/C22H28N2O4S/c1-3-18-4-8-20(9-5-18)17(2)23-22(25)21-10-6-19(7-11-21)16-29(26,27)24-12-14-28-15-13-24/h4-11,17H,3,12-16H2,1-2H3,(H,23,25)/t17-/m0/s1. The number of sulfonamides is 1. The first-order chi connectivity index (χ1) is 13.9. The first kappa shape index (κ1) is 21.5. The number of nitrogens with one attached hydrogen (secondary N) is 1. The van der Waals surface area contributed by atoms with Crippen molar-refractivity contribution in [2.75, 3.05) is 26.3 Å². The van der Waals surface area contributed by atoms with E-state index in [1.165, 1.54) is 9.87 Å². The number of rotatable bonds is 7. The van der Waals surface area contributed by atoms with Crippen LogP contribution in [0.1, 0.15) is 46.9 Å². The van der Waals surface area contributed by atoms with Gasteiger partial charge in [0.2, 0.25) is 10.0 Å². The van der Waals surface area contributed by atoms with Gasteiger partial charge in [-0.1, -0.05) is 43.3 Å². The monoisotopic (exact) mass is 416 g/mol. The van der Waals surface area contributed by atoms with Crippen molar-refractivity contribution >= 4 is 15.9 Å². The summed E-state index contributed by atoms with van der Waals surface area (Å²) in [5.41, 5.74) is 3.48. The fourth-order valence-electron chi connectivity index (χ4n) is 3.28. The van der Waals surface area contributed by atoms with Crippen LogP contribution in [0.15, 0.2) is 48.5 Å². The van der Waals surface area contributed by atoms with Crippen LogP contribution in [0.25, 0.3) is 0 Å². The molecule has 0 unspecified atom stereocenters. The van der Waals surface area contributed by atoms with E-state index in [0.717, 1.165) is 12.0 Å². The molecule has 1 atom stereocenters. The van der Waals surface area contributed by atoms with Crippen LogP contribution in [-0.2, 0) is 26.9 Å². The molecule has 0 aromatic heterocycles. The van der Waals surface area contributed by atoms with Gasteiger partial charge in [-0.15, -0.1) is 0 Å². The van der Waals surface area contributed by atoms with Gasteiger partial charge >= 0.3 is 0 Å². The molecule has 2 aromatic rings. The summed E-state index contributed by atoms with van der Waals surface area (Å²) in [6.45, 7) is 5.69. The molecule has 3 rings (SSSR count). The van der Waals surface area contributed by atoms with Crippen LogP contribution in [0.4, 0.5) is 0 Å². The van der Waals surface area contributed by atoms with Gasteiger partial charge in [0.25, 0.3) is 5.91 Å². The topological polar surface area (TPSA) is 75.7 Å². The van der Waals surface area contributed by atoms with Gasteiger partial charge in [0.1, 0.15) is 0 Å². The summed E-state index contributed by atoms with van der Waals surface area (Å²) in [6.07, 6.45) is 0.981. The molecule has 156 valence electrons. The van der Waals surface area contributed by atoms with E-state index in [2.05, 4.69) is 24.4 Å². The highest BCUT2D eigenvalue weighted by Gasteiger charge is 2.24. The minimum Gasteiger partial charge on any atom is -0.379 e. The number of carbonyl (C=O) groups is 1. The van der Waals surface area contributed by atoms with Crippen molar-refractivity contribution in [3.8, 4) is 0 Å². The molecule has 7 heteroatoms. The Kier molecular flexibility index (Phi) is 7.05. The maximum absolute atomic E-state index is 12.5. The summed E-state index contributed by atoms with van der Waals surface area (Å²) in [5, 5.41) is 2.99. The maximum Gasteiger partial charge on any atom is 0.251 e. The van der Waals surface area contributed by atoms with E-state index >= 15 is 0 Å². The number of morpholine rings is 1. The maximum atomic E-state index is 12.5. The first-order valence-electron chi connectivity index (χ1n) is 9.93. The van der Waals surface area contributed by atoms with Crippen LogP contribution in [0.5, 0.6) is 0 Å². The van der Waals surface area contributed by atoms with Gasteiger partial charge in [-0.2, -0.15) is 4.31 Å². The molecule has 2 aromatic carbocycles. The van der Waals surface area contributed by atoms with Crippen molar-refractivity contribution in [2.24, 2.45) is 0 Å². The second kappa shape index (κ2) is 9.52. The van der Waals surface area contributed by atoms with Crippen molar-refractivity contribution in [1.82, 2.24) is 9.62 Å². The fourth-order valence-corrected chi connectivity index (χ4v) is 4.79. The minimum atomic E-state index is -3.38. The molecule has 1 N–H and O–H groups in total. The molecule has 1 fully saturated rings. The highest BCUT2D eigenvalue weighted by molar-refractivity contribution is 7.88. The number of amides is 1. The third-order valence-corrected chi connectivity index (χ3v) is 7.01. The predicted molar refractivity (Wildman–Crippen MR) is 113 cm³/mol. The Morgan fingerprint density at radius 1 is 1.03 bits per heavy atom. The van der Waals surface area contributed by atoms with Crippen LogP contribution in [-0.4, -0.2) is 44.9 Å². The third-order valence-electron chi connectivity index (χ3n) is 5.16. The lowest BCUT2D eigenvalue weighted by Crippen LogP contribution is -2.41. The van der Waals surface area contributed by atoms with Gasteiger partial charge < -0.3 is 10.1 Å². The quantitative estimate of drug-likeness (QED) is 0.753. The lowest BCUT2D eigenvalue weighted by molar-refractivity contribution is 0.0729. The van der Waals surface area contributed by atoms with Crippen LogP contribution in [0.3, 0.4) is 0 Å². The highest BCUT2D eigenvalue weighted by atomic mass is 32.2. The van der Waals surface area contributed by atoms with Gasteiger partial charge in [-0.25, -0.2) is 8.42 Å².